The molecule has 0 spiro atoms. The third-order valence-electron chi connectivity index (χ3n) is 13.4. The van der Waals surface area contributed by atoms with Crippen LogP contribution in [0.4, 0.5) is 0 Å². The van der Waals surface area contributed by atoms with E-state index in [1.807, 2.05) is 27.2 Å². The number of carbonyl (C=O) groups excluding carboxylic acids is 1. The molecule has 0 aromatic carbocycles. The van der Waals surface area contributed by atoms with Gasteiger partial charge >= 0.3 is 7.82 Å². The summed E-state index contributed by atoms with van der Waals surface area (Å²) in [6, 6.07) is -0.843. The van der Waals surface area contributed by atoms with E-state index in [9.17, 15) is 19.4 Å². The van der Waals surface area contributed by atoms with Crippen molar-refractivity contribution in [1.29, 1.82) is 0 Å². The Morgan fingerprint density at radius 3 is 1.15 bits per heavy atom. The Morgan fingerprint density at radius 1 is 0.493 bits per heavy atom. The lowest BCUT2D eigenvalue weighted by atomic mass is 10.0. The molecule has 0 bridgehead atoms. The number of amides is 1. The van der Waals surface area contributed by atoms with Crippen LogP contribution in [-0.2, 0) is 18.4 Å². The molecule has 0 aliphatic rings. The molecular weight excluding hydrogens is 852 g/mol. The van der Waals surface area contributed by atoms with E-state index < -0.39 is 20.0 Å². The molecule has 398 valence electrons. The second-order valence-electron chi connectivity index (χ2n) is 21.4. The summed E-state index contributed by atoms with van der Waals surface area (Å²) in [7, 11) is 1.58. The van der Waals surface area contributed by atoms with Gasteiger partial charge < -0.3 is 19.8 Å². The first-order valence-electron chi connectivity index (χ1n) is 29.2. The van der Waals surface area contributed by atoms with Crippen LogP contribution in [0.1, 0.15) is 290 Å². The first-order valence-corrected chi connectivity index (χ1v) is 30.7. The molecule has 0 aromatic rings. The zero-order valence-corrected chi connectivity index (χ0v) is 46.3. The van der Waals surface area contributed by atoms with Gasteiger partial charge in [0, 0.05) is 6.42 Å². The molecular formula is C58H116N2O6P+. The van der Waals surface area contributed by atoms with E-state index >= 15 is 0 Å². The standard InChI is InChI=1S/C58H115N2O6P/c1-6-8-10-12-14-16-18-20-22-24-25-26-27-28-29-30-31-32-33-34-35-36-38-40-42-44-46-48-50-52-58(62)59-56(55-66-67(63,64)65-54-53-60(3,4)5)57(61)51-49-47-45-43-41-39-37-23-21-19-17-15-13-11-9-7-2/h24-25,49,51,56-57,61H,6-23,26-48,50,52-55H2,1-5H3,(H-,59,62,63,64)/p+1/b25-24-,51-49+. The first-order chi connectivity index (χ1) is 32.5. The van der Waals surface area contributed by atoms with E-state index in [1.54, 1.807) is 6.08 Å². The largest absolute Gasteiger partial charge is 0.472 e. The van der Waals surface area contributed by atoms with Gasteiger partial charge in [0.1, 0.15) is 13.2 Å². The Hall–Kier alpha value is -1.02. The summed E-state index contributed by atoms with van der Waals surface area (Å²) in [5, 5.41) is 13.9. The number of unbranched alkanes of at least 4 members (excludes halogenated alkanes) is 39. The highest BCUT2D eigenvalue weighted by molar-refractivity contribution is 7.47. The molecule has 3 N–H and O–H groups in total. The van der Waals surface area contributed by atoms with Crippen molar-refractivity contribution in [2.75, 3.05) is 40.9 Å². The van der Waals surface area contributed by atoms with Gasteiger partial charge in [-0.15, -0.1) is 0 Å². The molecule has 0 saturated carbocycles. The maximum absolute atomic E-state index is 13.0. The highest BCUT2D eigenvalue weighted by Crippen LogP contribution is 2.43. The van der Waals surface area contributed by atoms with Crippen molar-refractivity contribution >= 4 is 13.7 Å². The molecule has 0 fully saturated rings. The van der Waals surface area contributed by atoms with E-state index in [0.29, 0.717) is 17.4 Å². The molecule has 0 rings (SSSR count). The zero-order valence-electron chi connectivity index (χ0n) is 45.4. The number of carbonyl (C=O) groups is 1. The first kappa shape index (κ1) is 66.0. The van der Waals surface area contributed by atoms with Crippen LogP contribution >= 0.6 is 7.82 Å². The topological polar surface area (TPSA) is 105 Å². The number of nitrogens with zero attached hydrogens (tertiary/aromatic N) is 1. The van der Waals surface area contributed by atoms with Crippen molar-refractivity contribution < 1.29 is 32.9 Å². The minimum Gasteiger partial charge on any atom is -0.387 e. The van der Waals surface area contributed by atoms with Crippen LogP contribution in [0, 0.1) is 0 Å². The number of quaternary nitrogens is 1. The number of allylic oxidation sites excluding steroid dienone is 3. The van der Waals surface area contributed by atoms with Crippen LogP contribution < -0.4 is 5.32 Å². The van der Waals surface area contributed by atoms with Crippen molar-refractivity contribution in [2.45, 2.75) is 302 Å². The summed E-state index contributed by atoms with van der Waals surface area (Å²) in [6.45, 7) is 4.85. The van der Waals surface area contributed by atoms with Crippen LogP contribution in [0.25, 0.3) is 0 Å². The van der Waals surface area contributed by atoms with Gasteiger partial charge in [0.05, 0.1) is 39.9 Å². The van der Waals surface area contributed by atoms with Gasteiger partial charge in [-0.25, -0.2) is 4.57 Å². The molecule has 0 radical (unpaired) electrons. The van der Waals surface area contributed by atoms with E-state index in [2.05, 4.69) is 31.3 Å². The maximum Gasteiger partial charge on any atom is 0.472 e. The van der Waals surface area contributed by atoms with Crippen LogP contribution in [0.2, 0.25) is 0 Å². The Kier molecular flexibility index (Phi) is 49.2. The number of phosphoric acid groups is 1. The number of likely N-dealkylation sites (N-methyl/N-ethyl adjacent to an activating group) is 1. The minimum atomic E-state index is -4.34. The number of nitrogens with one attached hydrogen (secondary N) is 1. The van der Waals surface area contributed by atoms with E-state index in [-0.39, 0.29) is 19.1 Å². The molecule has 0 aromatic heterocycles. The molecule has 1 amide bonds. The Morgan fingerprint density at radius 2 is 0.806 bits per heavy atom. The van der Waals surface area contributed by atoms with E-state index in [4.69, 9.17) is 9.05 Å². The number of phosphoric ester groups is 1. The summed E-state index contributed by atoms with van der Waals surface area (Å²) >= 11 is 0. The number of aliphatic hydroxyl groups is 1. The third kappa shape index (κ3) is 52.6. The Labute approximate surface area is 417 Å². The zero-order chi connectivity index (χ0) is 49.2. The fourth-order valence-electron chi connectivity index (χ4n) is 8.80. The summed E-state index contributed by atoms with van der Waals surface area (Å²) in [6.07, 6.45) is 62.8. The quantitative estimate of drug-likeness (QED) is 0.0243. The minimum absolute atomic E-state index is 0.0639. The summed E-state index contributed by atoms with van der Waals surface area (Å²) in [5.74, 6) is -0.172. The van der Waals surface area contributed by atoms with Gasteiger partial charge in [-0.05, 0) is 44.9 Å². The number of hydrogen-bond acceptors (Lipinski definition) is 5. The average Bonchev–Trinajstić information content (AvgIpc) is 3.29. The van der Waals surface area contributed by atoms with Crippen LogP contribution in [0.15, 0.2) is 24.3 Å². The summed E-state index contributed by atoms with van der Waals surface area (Å²) in [4.78, 5) is 23.3. The molecule has 8 nitrogen and oxygen atoms in total. The van der Waals surface area contributed by atoms with Crippen molar-refractivity contribution in [3.63, 3.8) is 0 Å². The molecule has 3 unspecified atom stereocenters. The highest BCUT2D eigenvalue weighted by atomic mass is 31.2. The third-order valence-corrected chi connectivity index (χ3v) is 14.4. The summed E-state index contributed by atoms with van der Waals surface area (Å²) in [5.41, 5.74) is 0. The highest BCUT2D eigenvalue weighted by Gasteiger charge is 2.27. The fourth-order valence-corrected chi connectivity index (χ4v) is 9.54. The Balaban J connectivity index is 4.09. The van der Waals surface area contributed by atoms with E-state index in [1.165, 1.54) is 231 Å². The monoisotopic (exact) mass is 968 g/mol. The number of hydrogen-bond donors (Lipinski definition) is 3. The van der Waals surface area contributed by atoms with Crippen molar-refractivity contribution in [3.05, 3.63) is 24.3 Å². The molecule has 3 atom stereocenters. The van der Waals surface area contributed by atoms with Crippen molar-refractivity contribution in [1.82, 2.24) is 5.32 Å². The predicted molar refractivity (Wildman–Crippen MR) is 291 cm³/mol. The average molecular weight is 969 g/mol. The maximum atomic E-state index is 13.0. The van der Waals surface area contributed by atoms with E-state index in [0.717, 1.165) is 38.5 Å². The van der Waals surface area contributed by atoms with Gasteiger partial charge in [-0.2, -0.15) is 0 Å². The van der Waals surface area contributed by atoms with Gasteiger partial charge in [0.25, 0.3) is 0 Å². The lowest BCUT2D eigenvalue weighted by Gasteiger charge is -2.25. The van der Waals surface area contributed by atoms with Crippen LogP contribution in [0.5, 0.6) is 0 Å². The van der Waals surface area contributed by atoms with Crippen LogP contribution in [0.3, 0.4) is 0 Å². The molecule has 0 saturated heterocycles. The molecule has 0 aliphatic heterocycles. The number of rotatable bonds is 54. The SMILES string of the molecule is CCCCCCCCCC/C=C\CCCCCCCCCCCCCCCCCCCC(=O)NC(COP(=O)(O)OCC[N+](C)(C)C)C(O)/C=C/CCCCCCCCCCCCCCCC. The fraction of sp³-hybridized carbons (Fsp3) is 0.914. The second-order valence-corrected chi connectivity index (χ2v) is 22.8. The van der Waals surface area contributed by atoms with Crippen molar-refractivity contribution in [2.24, 2.45) is 0 Å². The molecule has 9 heteroatoms. The lowest BCUT2D eigenvalue weighted by molar-refractivity contribution is -0.870. The Bertz CT molecular complexity index is 1140. The smallest absolute Gasteiger partial charge is 0.387 e. The number of aliphatic hydroxyl groups excluding tert-OH is 1. The molecule has 0 aliphatic carbocycles. The van der Waals surface area contributed by atoms with Crippen LogP contribution in [-0.4, -0.2) is 73.4 Å². The lowest BCUT2D eigenvalue weighted by Crippen LogP contribution is -2.45. The van der Waals surface area contributed by atoms with Gasteiger partial charge in [-0.3, -0.25) is 13.8 Å². The summed E-state index contributed by atoms with van der Waals surface area (Å²) < 4.78 is 23.7. The van der Waals surface area contributed by atoms with Crippen molar-refractivity contribution in [3.8, 4) is 0 Å². The molecule has 67 heavy (non-hydrogen) atoms. The van der Waals surface area contributed by atoms with Gasteiger partial charge in [-0.1, -0.05) is 263 Å². The van der Waals surface area contributed by atoms with Gasteiger partial charge in [0.15, 0.2) is 0 Å². The predicted octanol–water partition coefficient (Wildman–Crippen LogP) is 17.6. The molecule has 0 heterocycles. The normalized spacial score (nSPS) is 14.1. The van der Waals surface area contributed by atoms with Gasteiger partial charge in [0.2, 0.25) is 5.91 Å². The second kappa shape index (κ2) is 49.9.